The Hall–Kier alpha value is -1.88. The molecule has 0 bridgehead atoms. The second kappa shape index (κ2) is 5.85. The fraction of sp³-hybridized carbons (Fsp3) is 0.500. The quantitative estimate of drug-likeness (QED) is 0.933. The van der Waals surface area contributed by atoms with Crippen LogP contribution >= 0.6 is 0 Å². The van der Waals surface area contributed by atoms with Crippen LogP contribution in [0.4, 0.5) is 0 Å². The molecule has 2 aromatic rings. The van der Waals surface area contributed by atoms with Crippen molar-refractivity contribution in [2.45, 2.75) is 45.3 Å². The van der Waals surface area contributed by atoms with Crippen molar-refractivity contribution in [2.24, 2.45) is 5.73 Å². The third-order valence-electron chi connectivity index (χ3n) is 4.33. The van der Waals surface area contributed by atoms with Gasteiger partial charge >= 0.3 is 0 Å². The maximum Gasteiger partial charge on any atom is 0.237 e. The number of para-hydroxylation sites is 2. The summed E-state index contributed by atoms with van der Waals surface area (Å²) in [5, 5.41) is 0. The van der Waals surface area contributed by atoms with Crippen molar-refractivity contribution in [3.63, 3.8) is 0 Å². The van der Waals surface area contributed by atoms with Crippen LogP contribution in [0.3, 0.4) is 0 Å². The number of nitrogens with zero attached hydrogens (tertiary/aromatic N) is 3. The highest BCUT2D eigenvalue weighted by molar-refractivity contribution is 5.80. The number of primary amides is 1. The molecule has 5 nitrogen and oxygen atoms in total. The minimum Gasteiger partial charge on any atom is -0.368 e. The van der Waals surface area contributed by atoms with Crippen LogP contribution in [0, 0.1) is 0 Å². The predicted molar refractivity (Wildman–Crippen MR) is 82.7 cm³/mol. The van der Waals surface area contributed by atoms with E-state index >= 15 is 0 Å². The predicted octanol–water partition coefficient (Wildman–Crippen LogP) is 1.90. The summed E-state index contributed by atoms with van der Waals surface area (Å²) in [5.74, 6) is 0.606. The number of nitrogens with two attached hydrogens (primary N) is 1. The average Bonchev–Trinajstić information content (AvgIpc) is 2.79. The Kier molecular flexibility index (Phi) is 3.92. The van der Waals surface area contributed by atoms with Gasteiger partial charge in [-0.25, -0.2) is 4.98 Å². The molecular formula is C16H22N4O. The zero-order chi connectivity index (χ0) is 14.8. The highest BCUT2D eigenvalue weighted by atomic mass is 16.1. The molecule has 3 rings (SSSR count). The van der Waals surface area contributed by atoms with Gasteiger partial charge in [0.25, 0.3) is 0 Å². The molecule has 1 atom stereocenters. The SMILES string of the molecule is CC1CCCCN1Cc1nc2ccccc2n1CC(N)=O. The van der Waals surface area contributed by atoms with Crippen molar-refractivity contribution in [1.29, 1.82) is 0 Å². The minimum atomic E-state index is -0.328. The van der Waals surface area contributed by atoms with Crippen LogP contribution in [-0.4, -0.2) is 32.9 Å². The molecule has 2 N–H and O–H groups in total. The zero-order valence-electron chi connectivity index (χ0n) is 12.5. The van der Waals surface area contributed by atoms with Gasteiger partial charge in [-0.15, -0.1) is 0 Å². The van der Waals surface area contributed by atoms with Gasteiger partial charge in [0.15, 0.2) is 0 Å². The molecule has 1 fully saturated rings. The van der Waals surface area contributed by atoms with Crippen LogP contribution in [0.25, 0.3) is 11.0 Å². The van der Waals surface area contributed by atoms with Crippen LogP contribution in [0.2, 0.25) is 0 Å². The average molecular weight is 286 g/mol. The van der Waals surface area contributed by atoms with Crippen LogP contribution in [0.1, 0.15) is 32.0 Å². The molecule has 1 aliphatic heterocycles. The highest BCUT2D eigenvalue weighted by Crippen LogP contribution is 2.21. The smallest absolute Gasteiger partial charge is 0.237 e. The number of carbonyl (C=O) groups is 1. The van der Waals surface area contributed by atoms with Crippen molar-refractivity contribution < 1.29 is 4.79 Å². The highest BCUT2D eigenvalue weighted by Gasteiger charge is 2.21. The number of rotatable bonds is 4. The maximum absolute atomic E-state index is 11.4. The first-order valence-corrected chi connectivity index (χ1v) is 7.61. The van der Waals surface area contributed by atoms with Crippen LogP contribution in [-0.2, 0) is 17.9 Å². The molecule has 112 valence electrons. The molecule has 2 heterocycles. The number of piperidine rings is 1. The molecule has 0 saturated carbocycles. The van der Waals surface area contributed by atoms with Gasteiger partial charge in [0.05, 0.1) is 17.6 Å². The minimum absolute atomic E-state index is 0.193. The van der Waals surface area contributed by atoms with E-state index in [0.29, 0.717) is 6.04 Å². The van der Waals surface area contributed by atoms with Crippen molar-refractivity contribution >= 4 is 16.9 Å². The van der Waals surface area contributed by atoms with Gasteiger partial charge in [-0.2, -0.15) is 0 Å². The lowest BCUT2D eigenvalue weighted by Gasteiger charge is -2.33. The zero-order valence-corrected chi connectivity index (χ0v) is 12.5. The van der Waals surface area contributed by atoms with E-state index in [0.717, 1.165) is 29.9 Å². The Morgan fingerprint density at radius 1 is 1.38 bits per heavy atom. The Morgan fingerprint density at radius 2 is 2.19 bits per heavy atom. The summed E-state index contributed by atoms with van der Waals surface area (Å²) in [6, 6.07) is 8.48. The fourth-order valence-corrected chi connectivity index (χ4v) is 3.15. The summed E-state index contributed by atoms with van der Waals surface area (Å²) in [6.45, 7) is 4.34. The number of hydrogen-bond donors (Lipinski definition) is 1. The molecular weight excluding hydrogens is 264 g/mol. The molecule has 21 heavy (non-hydrogen) atoms. The second-order valence-electron chi connectivity index (χ2n) is 5.88. The van der Waals surface area contributed by atoms with Gasteiger partial charge < -0.3 is 10.3 Å². The Balaban J connectivity index is 1.94. The number of fused-ring (bicyclic) bond motifs is 1. The number of likely N-dealkylation sites (tertiary alicyclic amines) is 1. The van der Waals surface area contributed by atoms with E-state index in [1.165, 1.54) is 19.3 Å². The van der Waals surface area contributed by atoms with E-state index in [2.05, 4.69) is 11.8 Å². The molecule has 0 radical (unpaired) electrons. The standard InChI is InChI=1S/C16H22N4O/c1-12-6-4-5-9-19(12)11-16-18-13-7-2-3-8-14(13)20(16)10-15(17)21/h2-3,7-8,12H,4-6,9-11H2,1H3,(H2,17,21). The van der Waals surface area contributed by atoms with Gasteiger partial charge in [-0.3, -0.25) is 9.69 Å². The van der Waals surface area contributed by atoms with E-state index in [1.807, 2.05) is 28.8 Å². The Labute approximate surface area is 124 Å². The Bertz CT molecular complexity index is 649. The number of benzene rings is 1. The van der Waals surface area contributed by atoms with E-state index in [9.17, 15) is 4.79 Å². The summed E-state index contributed by atoms with van der Waals surface area (Å²) < 4.78 is 1.96. The Morgan fingerprint density at radius 3 is 2.95 bits per heavy atom. The molecule has 1 unspecified atom stereocenters. The molecule has 0 aliphatic carbocycles. The molecule has 5 heteroatoms. The summed E-state index contributed by atoms with van der Waals surface area (Å²) >= 11 is 0. The van der Waals surface area contributed by atoms with Crippen molar-refractivity contribution in [2.75, 3.05) is 6.54 Å². The van der Waals surface area contributed by atoms with Gasteiger partial charge in [0, 0.05) is 6.04 Å². The van der Waals surface area contributed by atoms with Gasteiger partial charge in [0.2, 0.25) is 5.91 Å². The lowest BCUT2D eigenvalue weighted by molar-refractivity contribution is -0.118. The van der Waals surface area contributed by atoms with Crippen LogP contribution < -0.4 is 5.73 Å². The third kappa shape index (κ3) is 2.93. The first-order chi connectivity index (χ1) is 10.1. The number of carbonyl (C=O) groups excluding carboxylic acids is 1. The van der Waals surface area contributed by atoms with Crippen molar-refractivity contribution in [3.8, 4) is 0 Å². The van der Waals surface area contributed by atoms with Gasteiger partial charge in [-0.1, -0.05) is 18.6 Å². The van der Waals surface area contributed by atoms with Gasteiger partial charge in [-0.05, 0) is 38.4 Å². The molecule has 1 aliphatic rings. The van der Waals surface area contributed by atoms with Crippen LogP contribution in [0.15, 0.2) is 24.3 Å². The topological polar surface area (TPSA) is 64.2 Å². The third-order valence-corrected chi connectivity index (χ3v) is 4.33. The van der Waals surface area contributed by atoms with Crippen LogP contribution in [0.5, 0.6) is 0 Å². The van der Waals surface area contributed by atoms with E-state index in [4.69, 9.17) is 10.7 Å². The first-order valence-electron chi connectivity index (χ1n) is 7.61. The summed E-state index contributed by atoms with van der Waals surface area (Å²) in [6.07, 6.45) is 3.77. The molecule has 0 spiro atoms. The number of imidazole rings is 1. The second-order valence-corrected chi connectivity index (χ2v) is 5.88. The molecule has 1 aromatic heterocycles. The lowest BCUT2D eigenvalue weighted by atomic mass is 10.0. The van der Waals surface area contributed by atoms with E-state index < -0.39 is 0 Å². The first kappa shape index (κ1) is 14.1. The fourth-order valence-electron chi connectivity index (χ4n) is 3.15. The maximum atomic E-state index is 11.4. The summed E-state index contributed by atoms with van der Waals surface area (Å²) in [5.41, 5.74) is 7.31. The number of aromatic nitrogens is 2. The molecule has 1 saturated heterocycles. The summed E-state index contributed by atoms with van der Waals surface area (Å²) in [4.78, 5) is 18.5. The largest absolute Gasteiger partial charge is 0.368 e. The molecule has 1 aromatic carbocycles. The van der Waals surface area contributed by atoms with Gasteiger partial charge in [0.1, 0.15) is 12.4 Å². The lowest BCUT2D eigenvalue weighted by Crippen LogP contribution is -2.37. The van der Waals surface area contributed by atoms with Crippen molar-refractivity contribution in [1.82, 2.24) is 14.5 Å². The number of hydrogen-bond acceptors (Lipinski definition) is 3. The summed E-state index contributed by atoms with van der Waals surface area (Å²) in [7, 11) is 0. The normalized spacial score (nSPS) is 20.0. The van der Waals surface area contributed by atoms with E-state index in [1.54, 1.807) is 0 Å². The van der Waals surface area contributed by atoms with Crippen molar-refractivity contribution in [3.05, 3.63) is 30.1 Å². The monoisotopic (exact) mass is 286 g/mol. The van der Waals surface area contributed by atoms with E-state index in [-0.39, 0.29) is 12.5 Å². The molecule has 1 amide bonds. The number of amides is 1.